The first kappa shape index (κ1) is 13.6. The molecule has 0 aromatic heterocycles. The van der Waals surface area contributed by atoms with Gasteiger partial charge in [0.25, 0.3) is 9.05 Å². The maximum Gasteiger partial charge on any atom is 0.418 e. The molecule has 0 radical (unpaired) electrons. The highest BCUT2D eigenvalue weighted by atomic mass is 79.9. The Labute approximate surface area is 102 Å². The number of rotatable bonds is 1. The molecule has 0 heterocycles. The lowest BCUT2D eigenvalue weighted by atomic mass is 10.2. The van der Waals surface area contributed by atoms with Crippen LogP contribution in [0.4, 0.5) is 18.9 Å². The van der Waals surface area contributed by atoms with E-state index in [0.717, 1.165) is 6.07 Å². The van der Waals surface area contributed by atoms with Crippen molar-refractivity contribution in [2.45, 2.75) is 11.1 Å². The monoisotopic (exact) mass is 337 g/mol. The van der Waals surface area contributed by atoms with Crippen LogP contribution in [0.2, 0.25) is 0 Å². The third kappa shape index (κ3) is 2.80. The van der Waals surface area contributed by atoms with Gasteiger partial charge in [-0.2, -0.15) is 13.2 Å². The predicted octanol–water partition coefficient (Wildman–Crippen LogP) is 2.98. The van der Waals surface area contributed by atoms with E-state index in [1.54, 1.807) is 0 Å². The van der Waals surface area contributed by atoms with Crippen LogP contribution in [0.5, 0.6) is 0 Å². The molecule has 1 aromatic rings. The van der Waals surface area contributed by atoms with Gasteiger partial charge in [-0.25, -0.2) is 8.42 Å². The summed E-state index contributed by atoms with van der Waals surface area (Å²) in [6, 6.07) is 1.24. The second-order valence-electron chi connectivity index (χ2n) is 2.81. The van der Waals surface area contributed by atoms with E-state index < -0.39 is 31.4 Å². The van der Waals surface area contributed by atoms with E-state index in [2.05, 4.69) is 15.9 Å². The van der Waals surface area contributed by atoms with Crippen molar-refractivity contribution in [1.82, 2.24) is 0 Å². The Morgan fingerprint density at radius 2 is 1.81 bits per heavy atom. The van der Waals surface area contributed by atoms with E-state index in [1.165, 1.54) is 0 Å². The Balaban J connectivity index is 3.58. The SMILES string of the molecule is Nc1cc(Br)c(S(=O)(=O)Cl)cc1C(F)(F)F. The highest BCUT2D eigenvalue weighted by Crippen LogP contribution is 2.38. The van der Waals surface area contributed by atoms with Crippen molar-refractivity contribution in [3.05, 3.63) is 22.2 Å². The Bertz CT molecular complexity index is 529. The highest BCUT2D eigenvalue weighted by Gasteiger charge is 2.35. The van der Waals surface area contributed by atoms with Crippen LogP contribution in [-0.2, 0) is 15.2 Å². The normalized spacial score (nSPS) is 12.8. The van der Waals surface area contributed by atoms with E-state index >= 15 is 0 Å². The summed E-state index contributed by atoms with van der Waals surface area (Å²) < 4.78 is 59.1. The predicted molar refractivity (Wildman–Crippen MR) is 56.6 cm³/mol. The molecule has 1 aromatic carbocycles. The van der Waals surface area contributed by atoms with Crippen LogP contribution >= 0.6 is 26.6 Å². The number of alkyl halides is 3. The summed E-state index contributed by atoms with van der Waals surface area (Å²) in [6.07, 6.45) is -4.74. The van der Waals surface area contributed by atoms with Crippen LogP contribution in [0.25, 0.3) is 0 Å². The van der Waals surface area contributed by atoms with Gasteiger partial charge in [0.1, 0.15) is 0 Å². The zero-order chi connectivity index (χ0) is 12.7. The molecule has 9 heteroatoms. The minimum absolute atomic E-state index is 0.118. The fraction of sp³-hybridized carbons (Fsp3) is 0.143. The standard InChI is InChI=1S/C7H4BrClF3NO2S/c8-4-2-5(13)3(7(10,11)12)1-6(4)16(9,14)15/h1-2H,13H2. The number of anilines is 1. The molecule has 0 aliphatic rings. The van der Waals surface area contributed by atoms with Crippen LogP contribution < -0.4 is 5.73 Å². The molecule has 3 nitrogen and oxygen atoms in total. The Hall–Kier alpha value is -0.470. The Morgan fingerprint density at radius 3 is 2.19 bits per heavy atom. The zero-order valence-corrected chi connectivity index (χ0v) is 10.5. The fourth-order valence-corrected chi connectivity index (χ4v) is 3.21. The smallest absolute Gasteiger partial charge is 0.398 e. The van der Waals surface area contributed by atoms with Crippen LogP contribution in [0, 0.1) is 0 Å². The van der Waals surface area contributed by atoms with Crippen molar-refractivity contribution in [3.8, 4) is 0 Å². The molecule has 0 saturated heterocycles. The summed E-state index contributed by atoms with van der Waals surface area (Å²) in [7, 11) is 0.709. The summed E-state index contributed by atoms with van der Waals surface area (Å²) in [6.45, 7) is 0. The molecule has 0 aliphatic carbocycles. The molecular weight excluding hydrogens is 334 g/mol. The van der Waals surface area contributed by atoms with Crippen molar-refractivity contribution in [1.29, 1.82) is 0 Å². The van der Waals surface area contributed by atoms with Crippen molar-refractivity contribution >= 4 is 41.4 Å². The molecule has 0 spiro atoms. The van der Waals surface area contributed by atoms with Gasteiger partial charge in [-0.05, 0) is 28.1 Å². The van der Waals surface area contributed by atoms with Crippen LogP contribution in [0.3, 0.4) is 0 Å². The van der Waals surface area contributed by atoms with Crippen LogP contribution in [-0.4, -0.2) is 8.42 Å². The number of nitrogen functional groups attached to an aromatic ring is 1. The van der Waals surface area contributed by atoms with Gasteiger partial charge in [0.05, 0.1) is 10.5 Å². The van der Waals surface area contributed by atoms with E-state index in [0.29, 0.717) is 6.07 Å². The molecule has 0 atom stereocenters. The number of benzene rings is 1. The molecule has 1 rings (SSSR count). The summed E-state index contributed by atoms with van der Waals surface area (Å²) in [5.74, 6) is 0. The van der Waals surface area contributed by atoms with Crippen molar-refractivity contribution in [3.63, 3.8) is 0 Å². The molecule has 0 bridgehead atoms. The van der Waals surface area contributed by atoms with Gasteiger partial charge in [0, 0.05) is 20.8 Å². The van der Waals surface area contributed by atoms with Crippen molar-refractivity contribution < 1.29 is 21.6 Å². The number of hydrogen-bond donors (Lipinski definition) is 1. The van der Waals surface area contributed by atoms with Crippen molar-refractivity contribution in [2.75, 3.05) is 5.73 Å². The third-order valence-corrected chi connectivity index (χ3v) is 3.95. The van der Waals surface area contributed by atoms with Gasteiger partial charge in [0.15, 0.2) is 0 Å². The molecule has 2 N–H and O–H groups in total. The molecule has 90 valence electrons. The minimum Gasteiger partial charge on any atom is -0.398 e. The van der Waals surface area contributed by atoms with E-state index in [9.17, 15) is 21.6 Å². The summed E-state index contributed by atoms with van der Waals surface area (Å²) in [5, 5.41) is 0. The quantitative estimate of drug-likeness (QED) is 0.632. The van der Waals surface area contributed by atoms with E-state index in [-0.39, 0.29) is 4.47 Å². The molecule has 0 fully saturated rings. The van der Waals surface area contributed by atoms with Crippen LogP contribution in [0.15, 0.2) is 21.5 Å². The lowest BCUT2D eigenvalue weighted by Crippen LogP contribution is -2.10. The van der Waals surface area contributed by atoms with Gasteiger partial charge < -0.3 is 5.73 Å². The molecule has 16 heavy (non-hydrogen) atoms. The van der Waals surface area contributed by atoms with E-state index in [4.69, 9.17) is 16.4 Å². The van der Waals surface area contributed by atoms with Gasteiger partial charge in [-0.3, -0.25) is 0 Å². The summed E-state index contributed by atoms with van der Waals surface area (Å²) in [4.78, 5) is -0.671. The molecule has 0 saturated carbocycles. The lowest BCUT2D eigenvalue weighted by molar-refractivity contribution is -0.137. The molecule has 0 unspecified atom stereocenters. The number of nitrogens with two attached hydrogens (primary N) is 1. The van der Waals surface area contributed by atoms with Gasteiger partial charge in [-0.1, -0.05) is 0 Å². The highest BCUT2D eigenvalue weighted by molar-refractivity contribution is 9.10. The zero-order valence-electron chi connectivity index (χ0n) is 7.35. The largest absolute Gasteiger partial charge is 0.418 e. The second-order valence-corrected chi connectivity index (χ2v) is 6.19. The van der Waals surface area contributed by atoms with Gasteiger partial charge in [-0.15, -0.1) is 0 Å². The molecule has 0 amide bonds. The first-order chi connectivity index (χ1) is 7.03. The summed E-state index contributed by atoms with van der Waals surface area (Å²) >= 11 is 2.77. The van der Waals surface area contributed by atoms with Crippen molar-refractivity contribution in [2.24, 2.45) is 0 Å². The Morgan fingerprint density at radius 1 is 1.31 bits per heavy atom. The number of halogens is 5. The topological polar surface area (TPSA) is 60.2 Å². The average Bonchev–Trinajstić information content (AvgIpc) is 1.97. The maximum atomic E-state index is 12.4. The number of hydrogen-bond acceptors (Lipinski definition) is 3. The second kappa shape index (κ2) is 4.08. The first-order valence-electron chi connectivity index (χ1n) is 3.64. The van der Waals surface area contributed by atoms with Crippen LogP contribution in [0.1, 0.15) is 5.56 Å². The summed E-state index contributed by atoms with van der Waals surface area (Å²) in [5.41, 5.74) is 3.31. The lowest BCUT2D eigenvalue weighted by Gasteiger charge is -2.11. The molecule has 0 aliphatic heterocycles. The van der Waals surface area contributed by atoms with E-state index in [1.807, 2.05) is 0 Å². The van der Waals surface area contributed by atoms with Gasteiger partial charge >= 0.3 is 6.18 Å². The average molecular weight is 339 g/mol. The molecular formula is C7H4BrClF3NO2S. The van der Waals surface area contributed by atoms with Gasteiger partial charge in [0.2, 0.25) is 0 Å². The Kier molecular flexibility index (Phi) is 3.47. The first-order valence-corrected chi connectivity index (χ1v) is 6.74. The maximum absolute atomic E-state index is 12.4. The minimum atomic E-state index is -4.74. The third-order valence-electron chi connectivity index (χ3n) is 1.67. The fourth-order valence-electron chi connectivity index (χ4n) is 1.00.